The lowest BCUT2D eigenvalue weighted by atomic mass is 10.2. The van der Waals surface area contributed by atoms with Crippen LogP contribution in [0.15, 0.2) is 36.5 Å². The van der Waals surface area contributed by atoms with Gasteiger partial charge in [-0.1, -0.05) is 18.2 Å². The zero-order chi connectivity index (χ0) is 16.2. The molecule has 5 nitrogen and oxygen atoms in total. The summed E-state index contributed by atoms with van der Waals surface area (Å²) in [5.41, 5.74) is 1.77. The maximum Gasteiger partial charge on any atom is 0.247 e. The zero-order valence-corrected chi connectivity index (χ0v) is 13.8. The van der Waals surface area contributed by atoms with Gasteiger partial charge in [0.25, 0.3) is 0 Å². The van der Waals surface area contributed by atoms with Gasteiger partial charge in [-0.25, -0.2) is 0 Å². The number of amides is 2. The molecule has 0 unspecified atom stereocenters. The Morgan fingerprint density at radius 3 is 2.83 bits per heavy atom. The fraction of sp³-hybridized carbons (Fsp3) is 0.412. The van der Waals surface area contributed by atoms with E-state index < -0.39 is 6.04 Å². The second-order valence-corrected chi connectivity index (χ2v) is 6.09. The molecule has 2 heterocycles. The first kappa shape index (κ1) is 15.9. The molecule has 1 aromatic carbocycles. The first-order chi connectivity index (χ1) is 11.2. The monoisotopic (exact) mass is 331 g/mol. The van der Waals surface area contributed by atoms with Crippen LogP contribution in [0.2, 0.25) is 0 Å². The van der Waals surface area contributed by atoms with E-state index in [4.69, 9.17) is 0 Å². The predicted molar refractivity (Wildman–Crippen MR) is 94.8 cm³/mol. The molecule has 0 aromatic heterocycles. The van der Waals surface area contributed by atoms with Gasteiger partial charge in [-0.05, 0) is 31.4 Å². The number of hydrogen-bond donors (Lipinski definition) is 2. The van der Waals surface area contributed by atoms with E-state index in [-0.39, 0.29) is 17.6 Å². The molecule has 0 saturated carbocycles. The normalized spacial score (nSPS) is 20.1. The van der Waals surface area contributed by atoms with Crippen LogP contribution in [-0.4, -0.2) is 41.6 Å². The van der Waals surface area contributed by atoms with E-state index in [2.05, 4.69) is 28.9 Å². The fourth-order valence-electron chi connectivity index (χ4n) is 3.17. The third-order valence-corrected chi connectivity index (χ3v) is 4.57. The Labute approximate surface area is 141 Å². The number of carbonyl (C=O) groups is 2. The van der Waals surface area contributed by atoms with E-state index in [1.807, 2.05) is 30.5 Å². The van der Waals surface area contributed by atoms with Gasteiger partial charge in [0.1, 0.15) is 6.04 Å². The fourth-order valence-corrected chi connectivity index (χ4v) is 3.35. The van der Waals surface area contributed by atoms with Gasteiger partial charge in [0.05, 0.1) is 17.1 Å². The molecule has 0 radical (unpaired) electrons. The lowest BCUT2D eigenvalue weighted by Crippen LogP contribution is -2.43. The van der Waals surface area contributed by atoms with Crippen molar-refractivity contribution in [2.24, 2.45) is 0 Å². The van der Waals surface area contributed by atoms with E-state index >= 15 is 0 Å². The van der Waals surface area contributed by atoms with Crippen molar-refractivity contribution in [2.45, 2.75) is 25.3 Å². The number of para-hydroxylation sites is 2. The molecule has 0 aliphatic carbocycles. The summed E-state index contributed by atoms with van der Waals surface area (Å²) in [6.07, 6.45) is 6.72. The molecule has 23 heavy (non-hydrogen) atoms. The summed E-state index contributed by atoms with van der Waals surface area (Å²) in [7, 11) is 0. The third-order valence-electron chi connectivity index (χ3n) is 4.30. The molecule has 1 atom stereocenters. The second-order valence-electron chi connectivity index (χ2n) is 5.78. The highest BCUT2D eigenvalue weighted by Gasteiger charge is 2.33. The number of nitrogens with zero attached hydrogens (tertiary/aromatic N) is 2. The summed E-state index contributed by atoms with van der Waals surface area (Å²) < 4.78 is 0. The van der Waals surface area contributed by atoms with Crippen molar-refractivity contribution in [2.75, 3.05) is 29.1 Å². The van der Waals surface area contributed by atoms with Crippen molar-refractivity contribution in [1.82, 2.24) is 4.90 Å². The Morgan fingerprint density at radius 1 is 1.26 bits per heavy atom. The van der Waals surface area contributed by atoms with Crippen molar-refractivity contribution in [3.05, 3.63) is 36.5 Å². The van der Waals surface area contributed by atoms with Gasteiger partial charge < -0.3 is 15.1 Å². The molecule has 3 rings (SSSR count). The molecule has 122 valence electrons. The number of likely N-dealkylation sites (tertiary alicyclic amines) is 1. The summed E-state index contributed by atoms with van der Waals surface area (Å²) >= 11 is 4.04. The van der Waals surface area contributed by atoms with Crippen LogP contribution >= 0.6 is 12.6 Å². The maximum atomic E-state index is 12.6. The number of anilines is 2. The van der Waals surface area contributed by atoms with E-state index in [0.717, 1.165) is 30.8 Å². The topological polar surface area (TPSA) is 52.7 Å². The molecule has 1 N–H and O–H groups in total. The summed E-state index contributed by atoms with van der Waals surface area (Å²) in [4.78, 5) is 28.3. The Balaban J connectivity index is 1.75. The number of hydrogen-bond acceptors (Lipinski definition) is 4. The Hall–Kier alpha value is -1.95. The molecule has 0 bridgehead atoms. The van der Waals surface area contributed by atoms with Crippen LogP contribution in [0.1, 0.15) is 19.3 Å². The summed E-state index contributed by atoms with van der Waals surface area (Å²) in [6.45, 7) is 1.55. The Morgan fingerprint density at radius 2 is 2.09 bits per heavy atom. The third kappa shape index (κ3) is 3.37. The van der Waals surface area contributed by atoms with Crippen LogP contribution in [0.5, 0.6) is 0 Å². The van der Waals surface area contributed by atoms with E-state index in [1.54, 1.807) is 4.90 Å². The van der Waals surface area contributed by atoms with Crippen molar-refractivity contribution in [1.29, 1.82) is 0 Å². The zero-order valence-electron chi connectivity index (χ0n) is 12.9. The van der Waals surface area contributed by atoms with Crippen molar-refractivity contribution in [3.8, 4) is 0 Å². The van der Waals surface area contributed by atoms with Crippen LogP contribution in [0.3, 0.4) is 0 Å². The van der Waals surface area contributed by atoms with Gasteiger partial charge in [-0.3, -0.25) is 9.59 Å². The van der Waals surface area contributed by atoms with Gasteiger partial charge in [0, 0.05) is 19.3 Å². The van der Waals surface area contributed by atoms with Gasteiger partial charge in [0.15, 0.2) is 0 Å². The number of rotatable bonds is 4. The summed E-state index contributed by atoms with van der Waals surface area (Å²) in [5.74, 6) is -0.0612. The van der Waals surface area contributed by atoms with Gasteiger partial charge in [0.2, 0.25) is 11.8 Å². The van der Waals surface area contributed by atoms with Crippen LogP contribution in [-0.2, 0) is 9.59 Å². The molecule has 2 aliphatic heterocycles. The molecule has 6 heteroatoms. The first-order valence-electron chi connectivity index (χ1n) is 7.94. The van der Waals surface area contributed by atoms with Crippen LogP contribution in [0.4, 0.5) is 11.4 Å². The van der Waals surface area contributed by atoms with Crippen molar-refractivity contribution >= 4 is 35.8 Å². The van der Waals surface area contributed by atoms with E-state index in [9.17, 15) is 9.59 Å². The maximum absolute atomic E-state index is 12.6. The SMILES string of the molecule is O=C(Nc1ccccc1N1C=CCC1)[C@@H]1CCCN1C(=O)CS. The molecule has 1 aromatic rings. The average Bonchev–Trinajstić information content (AvgIpc) is 3.26. The van der Waals surface area contributed by atoms with Crippen molar-refractivity contribution < 1.29 is 9.59 Å². The lowest BCUT2D eigenvalue weighted by Gasteiger charge is -2.25. The largest absolute Gasteiger partial charge is 0.346 e. The molecule has 1 saturated heterocycles. The standard InChI is InChI=1S/C17H21N3O2S/c21-16(12-23)20-11-5-8-15(20)17(22)18-13-6-1-2-7-14(13)19-9-3-4-10-19/h1-3,6-7,9,15,23H,4-5,8,10-12H2,(H,18,22)/t15-/m0/s1. The van der Waals surface area contributed by atoms with Crippen LogP contribution < -0.4 is 10.2 Å². The minimum absolute atomic E-state index is 0.0817. The average molecular weight is 331 g/mol. The number of thiol groups is 1. The number of benzene rings is 1. The second kappa shape index (κ2) is 7.08. The van der Waals surface area contributed by atoms with Gasteiger partial charge in [-0.15, -0.1) is 0 Å². The molecular weight excluding hydrogens is 310 g/mol. The molecule has 2 aliphatic rings. The van der Waals surface area contributed by atoms with Crippen LogP contribution in [0, 0.1) is 0 Å². The van der Waals surface area contributed by atoms with Crippen LogP contribution in [0.25, 0.3) is 0 Å². The molecule has 2 amide bonds. The van der Waals surface area contributed by atoms with Crippen molar-refractivity contribution in [3.63, 3.8) is 0 Å². The highest BCUT2D eigenvalue weighted by atomic mass is 32.1. The van der Waals surface area contributed by atoms with E-state index in [1.165, 1.54) is 0 Å². The molecular formula is C17H21N3O2S. The van der Waals surface area contributed by atoms with Gasteiger partial charge in [-0.2, -0.15) is 12.6 Å². The minimum Gasteiger partial charge on any atom is -0.346 e. The minimum atomic E-state index is -0.392. The highest BCUT2D eigenvalue weighted by Crippen LogP contribution is 2.29. The highest BCUT2D eigenvalue weighted by molar-refractivity contribution is 7.81. The smallest absolute Gasteiger partial charge is 0.247 e. The number of nitrogens with one attached hydrogen (secondary N) is 1. The lowest BCUT2D eigenvalue weighted by molar-refractivity contribution is -0.134. The molecule has 1 fully saturated rings. The number of carbonyl (C=O) groups excluding carboxylic acids is 2. The quantitative estimate of drug-likeness (QED) is 0.832. The predicted octanol–water partition coefficient (Wildman–Crippen LogP) is 2.27. The first-order valence-corrected chi connectivity index (χ1v) is 8.57. The summed E-state index contributed by atoms with van der Waals surface area (Å²) in [6, 6.07) is 7.38. The van der Waals surface area contributed by atoms with E-state index in [0.29, 0.717) is 13.0 Å². The Kier molecular flexibility index (Phi) is 4.91. The Bertz CT molecular complexity index is 632. The molecule has 0 spiro atoms. The van der Waals surface area contributed by atoms with Gasteiger partial charge >= 0.3 is 0 Å². The summed E-state index contributed by atoms with van der Waals surface area (Å²) in [5, 5.41) is 3.00.